The number of hydrogen-bond donors (Lipinski definition) is 1. The van der Waals surface area contributed by atoms with Crippen molar-refractivity contribution in [2.45, 2.75) is 33.6 Å². The van der Waals surface area contributed by atoms with Crippen molar-refractivity contribution in [3.8, 4) is 0 Å². The second-order valence-corrected chi connectivity index (χ2v) is 5.16. The van der Waals surface area contributed by atoms with E-state index in [1.54, 1.807) is 6.07 Å². The van der Waals surface area contributed by atoms with E-state index in [-0.39, 0.29) is 5.82 Å². The number of fused-ring (bicyclic) bond motifs is 1. The van der Waals surface area contributed by atoms with Crippen molar-refractivity contribution in [1.29, 1.82) is 0 Å². The Balaban J connectivity index is 2.43. The predicted octanol–water partition coefficient (Wildman–Crippen LogP) is 3.76. The van der Waals surface area contributed by atoms with Crippen LogP contribution in [0.4, 0.5) is 10.1 Å². The van der Waals surface area contributed by atoms with Gasteiger partial charge in [0.2, 0.25) is 0 Å². The van der Waals surface area contributed by atoms with Crippen LogP contribution in [-0.2, 0) is 6.42 Å². The molecular formula is C17H22FN3. The van der Waals surface area contributed by atoms with E-state index in [0.717, 1.165) is 42.0 Å². The summed E-state index contributed by atoms with van der Waals surface area (Å²) in [6, 6.07) is 4.91. The smallest absolute Gasteiger partial charge is 0.135 e. The summed E-state index contributed by atoms with van der Waals surface area (Å²) >= 11 is 0. The van der Waals surface area contributed by atoms with E-state index >= 15 is 0 Å². The zero-order valence-corrected chi connectivity index (χ0v) is 12.9. The summed E-state index contributed by atoms with van der Waals surface area (Å²) in [6.07, 6.45) is 5.59. The third-order valence-corrected chi connectivity index (χ3v) is 3.74. The van der Waals surface area contributed by atoms with Crippen molar-refractivity contribution >= 4 is 11.5 Å². The summed E-state index contributed by atoms with van der Waals surface area (Å²) in [4.78, 5) is 6.56. The molecule has 0 atom stereocenters. The number of halogens is 1. The Kier molecular flexibility index (Phi) is 4.78. The minimum Gasteiger partial charge on any atom is -0.384 e. The summed E-state index contributed by atoms with van der Waals surface area (Å²) < 4.78 is 13.5. The molecule has 1 aliphatic rings. The van der Waals surface area contributed by atoms with Crippen molar-refractivity contribution in [3.05, 3.63) is 53.1 Å². The van der Waals surface area contributed by atoms with Gasteiger partial charge in [-0.25, -0.2) is 9.38 Å². The summed E-state index contributed by atoms with van der Waals surface area (Å²) in [5.41, 5.74) is 9.11. The summed E-state index contributed by atoms with van der Waals surface area (Å²) in [7, 11) is 0. The van der Waals surface area contributed by atoms with Gasteiger partial charge in [-0.3, -0.25) is 0 Å². The number of nitrogens with zero attached hydrogens (tertiary/aromatic N) is 2. The fourth-order valence-corrected chi connectivity index (χ4v) is 2.33. The molecule has 1 aliphatic heterocycles. The third kappa shape index (κ3) is 3.32. The van der Waals surface area contributed by atoms with Gasteiger partial charge in [0, 0.05) is 12.2 Å². The van der Waals surface area contributed by atoms with Crippen LogP contribution in [0.15, 0.2) is 46.7 Å². The van der Waals surface area contributed by atoms with Crippen LogP contribution >= 0.6 is 0 Å². The van der Waals surface area contributed by atoms with E-state index in [2.05, 4.69) is 4.99 Å². The van der Waals surface area contributed by atoms with E-state index < -0.39 is 0 Å². The molecule has 3 nitrogen and oxygen atoms in total. The largest absolute Gasteiger partial charge is 0.384 e. The van der Waals surface area contributed by atoms with Crippen LogP contribution in [-0.4, -0.2) is 12.4 Å². The molecule has 0 bridgehead atoms. The molecule has 0 unspecified atom stereocenters. The quantitative estimate of drug-likeness (QED) is 0.679. The average Bonchev–Trinajstić information content (AvgIpc) is 2.88. The Hall–Kier alpha value is -2.10. The number of rotatable bonds is 3. The van der Waals surface area contributed by atoms with Crippen LogP contribution in [0.25, 0.3) is 0 Å². The van der Waals surface area contributed by atoms with E-state index in [9.17, 15) is 4.39 Å². The Morgan fingerprint density at radius 2 is 2.24 bits per heavy atom. The minimum absolute atomic E-state index is 0.228. The maximum absolute atomic E-state index is 13.5. The van der Waals surface area contributed by atoms with Crippen molar-refractivity contribution in [3.63, 3.8) is 0 Å². The highest BCUT2D eigenvalue weighted by Gasteiger charge is 2.22. The maximum atomic E-state index is 13.5. The van der Waals surface area contributed by atoms with Crippen LogP contribution in [0.2, 0.25) is 0 Å². The molecule has 0 fully saturated rings. The second-order valence-electron chi connectivity index (χ2n) is 5.16. The van der Waals surface area contributed by atoms with Gasteiger partial charge in [0.15, 0.2) is 0 Å². The van der Waals surface area contributed by atoms with Gasteiger partial charge in [0.1, 0.15) is 17.5 Å². The zero-order chi connectivity index (χ0) is 15.4. The Morgan fingerprint density at radius 1 is 1.48 bits per heavy atom. The van der Waals surface area contributed by atoms with Crippen molar-refractivity contribution in [2.24, 2.45) is 10.7 Å². The van der Waals surface area contributed by atoms with Gasteiger partial charge in [0.25, 0.3) is 0 Å². The molecule has 0 aliphatic carbocycles. The zero-order valence-electron chi connectivity index (χ0n) is 12.9. The molecule has 1 heterocycles. The molecule has 0 saturated heterocycles. The SMILES string of the molecule is C\C=C/C(=N\C(N)=C(/C)CC)N1CCc2ccc(F)cc21. The lowest BCUT2D eigenvalue weighted by Gasteiger charge is -2.20. The van der Waals surface area contributed by atoms with E-state index in [1.165, 1.54) is 6.07 Å². The van der Waals surface area contributed by atoms with Gasteiger partial charge in [-0.05, 0) is 56.0 Å². The maximum Gasteiger partial charge on any atom is 0.135 e. The van der Waals surface area contributed by atoms with Crippen molar-refractivity contribution in [2.75, 3.05) is 11.4 Å². The van der Waals surface area contributed by atoms with Crippen LogP contribution in [0.5, 0.6) is 0 Å². The van der Waals surface area contributed by atoms with Crippen LogP contribution in [0, 0.1) is 5.82 Å². The van der Waals surface area contributed by atoms with Crippen LogP contribution in [0.3, 0.4) is 0 Å². The number of hydrogen-bond acceptors (Lipinski definition) is 2. The highest BCUT2D eigenvalue weighted by atomic mass is 19.1. The van der Waals surface area contributed by atoms with Gasteiger partial charge < -0.3 is 10.6 Å². The Labute approximate surface area is 125 Å². The van der Waals surface area contributed by atoms with E-state index in [1.807, 2.05) is 43.9 Å². The standard InChI is InChI=1S/C17H22FN3/c1-4-6-16(20-17(19)12(3)5-2)21-10-9-13-7-8-14(18)11-15(13)21/h4,6-8,11H,5,9-10,19H2,1-3H3/b6-4-,17-12+,20-16+. The van der Waals surface area contributed by atoms with Gasteiger partial charge in [-0.2, -0.15) is 0 Å². The first-order chi connectivity index (χ1) is 10.1. The molecule has 1 aromatic rings. The van der Waals surface area contributed by atoms with Crippen molar-refractivity contribution < 1.29 is 4.39 Å². The Morgan fingerprint density at radius 3 is 2.90 bits per heavy atom. The number of anilines is 1. The van der Waals surface area contributed by atoms with E-state index in [4.69, 9.17) is 5.73 Å². The summed E-state index contributed by atoms with van der Waals surface area (Å²) in [5.74, 6) is 1.07. The molecule has 1 aromatic carbocycles. The van der Waals surface area contributed by atoms with E-state index in [0.29, 0.717) is 5.82 Å². The molecular weight excluding hydrogens is 265 g/mol. The number of allylic oxidation sites excluding steroid dienone is 2. The van der Waals surface area contributed by atoms with Crippen molar-refractivity contribution in [1.82, 2.24) is 0 Å². The molecule has 2 rings (SSSR count). The fourth-order valence-electron chi connectivity index (χ4n) is 2.33. The lowest BCUT2D eigenvalue weighted by molar-refractivity contribution is 0.628. The molecule has 0 amide bonds. The molecule has 0 radical (unpaired) electrons. The predicted molar refractivity (Wildman–Crippen MR) is 86.9 cm³/mol. The van der Waals surface area contributed by atoms with Gasteiger partial charge >= 0.3 is 0 Å². The first-order valence-corrected chi connectivity index (χ1v) is 7.29. The molecule has 21 heavy (non-hydrogen) atoms. The first kappa shape index (κ1) is 15.3. The van der Waals surface area contributed by atoms with Crippen LogP contribution in [0.1, 0.15) is 32.8 Å². The first-order valence-electron chi connectivity index (χ1n) is 7.29. The highest BCUT2D eigenvalue weighted by Crippen LogP contribution is 2.29. The summed E-state index contributed by atoms with van der Waals surface area (Å²) in [5, 5.41) is 0. The molecule has 0 aromatic heterocycles. The number of aliphatic imine (C=N–C) groups is 1. The third-order valence-electron chi connectivity index (χ3n) is 3.74. The minimum atomic E-state index is -0.228. The molecule has 2 N–H and O–H groups in total. The van der Waals surface area contributed by atoms with Crippen LogP contribution < -0.4 is 10.6 Å². The molecule has 4 heteroatoms. The summed E-state index contributed by atoms with van der Waals surface area (Å²) in [6.45, 7) is 6.75. The molecule has 0 saturated carbocycles. The normalized spacial score (nSPS) is 16.4. The molecule has 0 spiro atoms. The second kappa shape index (κ2) is 6.57. The lowest BCUT2D eigenvalue weighted by atomic mass is 10.2. The number of amidine groups is 1. The average molecular weight is 287 g/mol. The monoisotopic (exact) mass is 287 g/mol. The highest BCUT2D eigenvalue weighted by molar-refractivity contribution is 6.07. The van der Waals surface area contributed by atoms with Gasteiger partial charge in [0.05, 0.1) is 0 Å². The number of nitrogens with two attached hydrogens (primary N) is 1. The Bertz CT molecular complexity index is 614. The number of benzene rings is 1. The molecule has 112 valence electrons. The topological polar surface area (TPSA) is 41.6 Å². The van der Waals surface area contributed by atoms with Gasteiger partial charge in [-0.15, -0.1) is 0 Å². The lowest BCUT2D eigenvalue weighted by Crippen LogP contribution is -2.28. The fraction of sp³-hybridized carbons (Fsp3) is 0.353. The van der Waals surface area contributed by atoms with Gasteiger partial charge in [-0.1, -0.05) is 19.1 Å².